The van der Waals surface area contributed by atoms with E-state index in [9.17, 15) is 0 Å². The molecule has 104 valence electrons. The van der Waals surface area contributed by atoms with Crippen LogP contribution in [0.5, 0.6) is 5.75 Å². The highest BCUT2D eigenvalue weighted by Gasteiger charge is 2.05. The normalized spacial score (nSPS) is 9.90. The van der Waals surface area contributed by atoms with Crippen molar-refractivity contribution in [3.63, 3.8) is 0 Å². The van der Waals surface area contributed by atoms with Crippen LogP contribution < -0.4 is 15.4 Å². The standard InChI is InChI=1S/C15H18N4O/c1-4-9-16-14-10-11(2)17-15(19-14)18-12-7-5-6-8-13(12)20-3/h4-8,10H,1,9H2,2-3H3,(H2,16,17,18,19). The maximum atomic E-state index is 5.30. The van der Waals surface area contributed by atoms with Gasteiger partial charge in [0.2, 0.25) is 5.95 Å². The van der Waals surface area contributed by atoms with E-state index < -0.39 is 0 Å². The van der Waals surface area contributed by atoms with Gasteiger partial charge in [0.25, 0.3) is 0 Å². The van der Waals surface area contributed by atoms with E-state index in [0.717, 1.165) is 22.9 Å². The van der Waals surface area contributed by atoms with Gasteiger partial charge in [-0.05, 0) is 19.1 Å². The molecule has 2 N–H and O–H groups in total. The number of methoxy groups -OCH3 is 1. The maximum absolute atomic E-state index is 5.30. The van der Waals surface area contributed by atoms with E-state index in [1.165, 1.54) is 0 Å². The van der Waals surface area contributed by atoms with E-state index in [4.69, 9.17) is 4.74 Å². The first-order chi connectivity index (χ1) is 9.72. The number of aromatic nitrogens is 2. The first kappa shape index (κ1) is 13.9. The fourth-order valence-corrected chi connectivity index (χ4v) is 1.76. The summed E-state index contributed by atoms with van der Waals surface area (Å²) in [6, 6.07) is 9.53. The fraction of sp³-hybridized carbons (Fsp3) is 0.200. The van der Waals surface area contributed by atoms with E-state index in [0.29, 0.717) is 12.5 Å². The van der Waals surface area contributed by atoms with Crippen LogP contribution in [-0.4, -0.2) is 23.6 Å². The molecule has 5 nitrogen and oxygen atoms in total. The van der Waals surface area contributed by atoms with Crippen molar-refractivity contribution in [2.45, 2.75) is 6.92 Å². The molecule has 5 heteroatoms. The predicted octanol–water partition coefficient (Wildman–Crippen LogP) is 3.14. The third-order valence-electron chi connectivity index (χ3n) is 2.64. The van der Waals surface area contributed by atoms with Gasteiger partial charge in [0.05, 0.1) is 12.8 Å². The monoisotopic (exact) mass is 270 g/mol. The van der Waals surface area contributed by atoms with Crippen LogP contribution >= 0.6 is 0 Å². The SMILES string of the molecule is C=CCNc1cc(C)nc(Nc2ccccc2OC)n1. The molecule has 0 saturated heterocycles. The zero-order valence-electron chi connectivity index (χ0n) is 11.7. The summed E-state index contributed by atoms with van der Waals surface area (Å²) in [5, 5.41) is 6.32. The van der Waals surface area contributed by atoms with E-state index in [1.54, 1.807) is 13.2 Å². The summed E-state index contributed by atoms with van der Waals surface area (Å²) >= 11 is 0. The Kier molecular flexibility index (Phi) is 4.55. The quantitative estimate of drug-likeness (QED) is 0.790. The van der Waals surface area contributed by atoms with Gasteiger partial charge in [0.1, 0.15) is 11.6 Å². The minimum Gasteiger partial charge on any atom is -0.495 e. The summed E-state index contributed by atoms with van der Waals surface area (Å²) in [6.45, 7) is 6.26. The molecular weight excluding hydrogens is 252 g/mol. The Morgan fingerprint density at radius 2 is 2.10 bits per heavy atom. The van der Waals surface area contributed by atoms with Crippen molar-refractivity contribution in [2.24, 2.45) is 0 Å². The van der Waals surface area contributed by atoms with Gasteiger partial charge in [-0.2, -0.15) is 4.98 Å². The molecule has 1 aromatic heterocycles. The molecule has 0 bridgehead atoms. The first-order valence-corrected chi connectivity index (χ1v) is 6.33. The van der Waals surface area contributed by atoms with E-state index in [2.05, 4.69) is 27.2 Å². The van der Waals surface area contributed by atoms with Crippen LogP contribution in [0.2, 0.25) is 0 Å². The number of aryl methyl sites for hydroxylation is 1. The van der Waals surface area contributed by atoms with Gasteiger partial charge in [0.15, 0.2) is 0 Å². The lowest BCUT2D eigenvalue weighted by Gasteiger charge is -2.11. The van der Waals surface area contributed by atoms with Crippen molar-refractivity contribution in [3.05, 3.63) is 48.7 Å². The molecule has 2 aromatic rings. The molecule has 20 heavy (non-hydrogen) atoms. The Hall–Kier alpha value is -2.56. The Balaban J connectivity index is 2.24. The first-order valence-electron chi connectivity index (χ1n) is 6.33. The topological polar surface area (TPSA) is 59.1 Å². The molecule has 0 fully saturated rings. The number of anilines is 3. The van der Waals surface area contributed by atoms with Crippen LogP contribution in [0.25, 0.3) is 0 Å². The zero-order chi connectivity index (χ0) is 14.4. The summed E-state index contributed by atoms with van der Waals surface area (Å²) in [7, 11) is 1.63. The molecular formula is C15H18N4O. The fourth-order valence-electron chi connectivity index (χ4n) is 1.76. The number of ether oxygens (including phenoxy) is 1. The number of hydrogen-bond donors (Lipinski definition) is 2. The van der Waals surface area contributed by atoms with Crippen LogP contribution in [0.1, 0.15) is 5.69 Å². The lowest BCUT2D eigenvalue weighted by atomic mass is 10.3. The van der Waals surface area contributed by atoms with Gasteiger partial charge in [-0.15, -0.1) is 6.58 Å². The Labute approximate surface area is 118 Å². The average molecular weight is 270 g/mol. The highest BCUT2D eigenvalue weighted by Crippen LogP contribution is 2.26. The molecule has 0 unspecified atom stereocenters. The number of hydrogen-bond acceptors (Lipinski definition) is 5. The van der Waals surface area contributed by atoms with Crippen LogP contribution in [0.15, 0.2) is 43.0 Å². The second-order valence-corrected chi connectivity index (χ2v) is 4.21. The maximum Gasteiger partial charge on any atom is 0.229 e. The number of nitrogens with one attached hydrogen (secondary N) is 2. The van der Waals surface area contributed by atoms with Crippen molar-refractivity contribution in [3.8, 4) is 5.75 Å². The van der Waals surface area contributed by atoms with Gasteiger partial charge >= 0.3 is 0 Å². The second-order valence-electron chi connectivity index (χ2n) is 4.21. The molecule has 0 radical (unpaired) electrons. The van der Waals surface area contributed by atoms with E-state index >= 15 is 0 Å². The molecule has 0 aliphatic rings. The van der Waals surface area contributed by atoms with E-state index in [-0.39, 0.29) is 0 Å². The molecule has 0 atom stereocenters. The van der Waals surface area contributed by atoms with Gasteiger partial charge in [-0.25, -0.2) is 4.98 Å². The largest absolute Gasteiger partial charge is 0.495 e. The molecule has 0 spiro atoms. The van der Waals surface area contributed by atoms with Crippen molar-refractivity contribution >= 4 is 17.5 Å². The van der Waals surface area contributed by atoms with Crippen molar-refractivity contribution < 1.29 is 4.74 Å². The molecule has 1 aromatic carbocycles. The lowest BCUT2D eigenvalue weighted by Crippen LogP contribution is -2.05. The number of nitrogens with zero attached hydrogens (tertiary/aromatic N) is 2. The third-order valence-corrected chi connectivity index (χ3v) is 2.64. The molecule has 0 aliphatic carbocycles. The Bertz CT molecular complexity index is 598. The summed E-state index contributed by atoms with van der Waals surface area (Å²) in [4.78, 5) is 8.77. The number of rotatable bonds is 6. The molecule has 0 saturated carbocycles. The Morgan fingerprint density at radius 3 is 2.85 bits per heavy atom. The molecule has 2 rings (SSSR count). The van der Waals surface area contributed by atoms with E-state index in [1.807, 2.05) is 37.3 Å². The van der Waals surface area contributed by atoms with Crippen LogP contribution in [0.4, 0.5) is 17.5 Å². The molecule has 1 heterocycles. The highest BCUT2D eigenvalue weighted by molar-refractivity contribution is 5.63. The van der Waals surface area contributed by atoms with Crippen LogP contribution in [0, 0.1) is 6.92 Å². The van der Waals surface area contributed by atoms with Gasteiger partial charge < -0.3 is 15.4 Å². The minimum atomic E-state index is 0.529. The second kappa shape index (κ2) is 6.56. The van der Waals surface area contributed by atoms with Crippen molar-refractivity contribution in [2.75, 3.05) is 24.3 Å². The Morgan fingerprint density at radius 1 is 1.30 bits per heavy atom. The summed E-state index contributed by atoms with van der Waals surface area (Å²) in [5.74, 6) is 2.04. The van der Waals surface area contributed by atoms with Gasteiger partial charge in [-0.3, -0.25) is 0 Å². The third kappa shape index (κ3) is 3.47. The summed E-state index contributed by atoms with van der Waals surface area (Å²) in [5.41, 5.74) is 1.71. The summed E-state index contributed by atoms with van der Waals surface area (Å²) < 4.78 is 5.30. The highest BCUT2D eigenvalue weighted by atomic mass is 16.5. The van der Waals surface area contributed by atoms with Crippen LogP contribution in [-0.2, 0) is 0 Å². The summed E-state index contributed by atoms with van der Waals surface area (Å²) in [6.07, 6.45) is 1.78. The average Bonchev–Trinajstić information content (AvgIpc) is 2.45. The van der Waals surface area contributed by atoms with Crippen LogP contribution in [0.3, 0.4) is 0 Å². The minimum absolute atomic E-state index is 0.529. The zero-order valence-corrected chi connectivity index (χ0v) is 11.7. The molecule has 0 aliphatic heterocycles. The number of benzene rings is 1. The predicted molar refractivity (Wildman–Crippen MR) is 81.7 cm³/mol. The smallest absolute Gasteiger partial charge is 0.229 e. The number of para-hydroxylation sites is 2. The van der Waals surface area contributed by atoms with Gasteiger partial charge in [0, 0.05) is 18.3 Å². The van der Waals surface area contributed by atoms with Gasteiger partial charge in [-0.1, -0.05) is 18.2 Å². The molecule has 0 amide bonds. The van der Waals surface area contributed by atoms with Crippen molar-refractivity contribution in [1.82, 2.24) is 9.97 Å². The lowest BCUT2D eigenvalue weighted by molar-refractivity contribution is 0.417. The van der Waals surface area contributed by atoms with Crippen molar-refractivity contribution in [1.29, 1.82) is 0 Å².